The Morgan fingerprint density at radius 2 is 1.69 bits per heavy atom. The van der Waals surface area contributed by atoms with Gasteiger partial charge in [0.05, 0.1) is 12.5 Å². The van der Waals surface area contributed by atoms with Crippen molar-refractivity contribution in [1.29, 1.82) is 0 Å². The second-order valence-corrected chi connectivity index (χ2v) is 8.15. The molecule has 6 heteroatoms. The number of rotatable bonds is 6. The van der Waals surface area contributed by atoms with Crippen molar-refractivity contribution in [2.75, 3.05) is 19.7 Å². The molecular weight excluding hydrogens is 330 g/mol. The zero-order valence-electron chi connectivity index (χ0n) is 16.9. The van der Waals surface area contributed by atoms with Crippen molar-refractivity contribution in [3.05, 3.63) is 0 Å². The van der Waals surface area contributed by atoms with Gasteiger partial charge >= 0.3 is 0 Å². The first-order valence-corrected chi connectivity index (χ1v) is 10.2. The van der Waals surface area contributed by atoms with E-state index in [-0.39, 0.29) is 29.9 Å². The first-order valence-electron chi connectivity index (χ1n) is 10.2. The van der Waals surface area contributed by atoms with Gasteiger partial charge in [-0.3, -0.25) is 9.59 Å². The van der Waals surface area contributed by atoms with Crippen molar-refractivity contribution < 1.29 is 14.3 Å². The fourth-order valence-electron chi connectivity index (χ4n) is 3.32. The number of hydrogen-bond acceptors (Lipinski definition) is 4. The highest BCUT2D eigenvalue weighted by molar-refractivity contribution is 5.76. The topological polar surface area (TPSA) is 98.7 Å². The van der Waals surface area contributed by atoms with Crippen molar-refractivity contribution in [3.63, 3.8) is 0 Å². The van der Waals surface area contributed by atoms with Crippen molar-refractivity contribution in [3.8, 4) is 0 Å². The van der Waals surface area contributed by atoms with Gasteiger partial charge in [0.2, 0.25) is 11.8 Å². The average Bonchev–Trinajstić information content (AvgIpc) is 2.61. The zero-order chi connectivity index (χ0) is 19.5. The van der Waals surface area contributed by atoms with Gasteiger partial charge < -0.3 is 21.1 Å². The summed E-state index contributed by atoms with van der Waals surface area (Å²) >= 11 is 0. The normalized spacial score (nSPS) is 22.5. The van der Waals surface area contributed by atoms with Gasteiger partial charge in [-0.25, -0.2) is 0 Å². The molecule has 0 aromatic carbocycles. The van der Waals surface area contributed by atoms with Crippen LogP contribution in [0.1, 0.15) is 72.1 Å². The molecule has 1 aliphatic carbocycles. The summed E-state index contributed by atoms with van der Waals surface area (Å²) in [7, 11) is 0. The number of nitrogens with two attached hydrogens (primary N) is 2. The smallest absolute Gasteiger partial charge is 0.225 e. The van der Waals surface area contributed by atoms with E-state index in [0.717, 1.165) is 26.0 Å². The van der Waals surface area contributed by atoms with Crippen molar-refractivity contribution in [2.24, 2.45) is 23.3 Å². The third kappa shape index (κ3) is 9.53. The molecule has 2 fully saturated rings. The molecule has 2 atom stereocenters. The summed E-state index contributed by atoms with van der Waals surface area (Å²) in [5.41, 5.74) is 10.7. The number of ether oxygens (including phenoxy) is 1. The van der Waals surface area contributed by atoms with Crippen LogP contribution in [0.3, 0.4) is 0 Å². The van der Waals surface area contributed by atoms with Gasteiger partial charge in [0.15, 0.2) is 0 Å². The maximum absolute atomic E-state index is 12.2. The second-order valence-electron chi connectivity index (χ2n) is 8.15. The largest absolute Gasteiger partial charge is 0.378 e. The van der Waals surface area contributed by atoms with Crippen LogP contribution in [0.4, 0.5) is 0 Å². The van der Waals surface area contributed by atoms with Gasteiger partial charge in [-0.1, -0.05) is 33.1 Å². The molecule has 1 unspecified atom stereocenters. The minimum atomic E-state index is -0.241. The van der Waals surface area contributed by atoms with E-state index in [2.05, 4.69) is 0 Å². The number of amides is 2. The summed E-state index contributed by atoms with van der Waals surface area (Å²) in [5, 5.41) is 0. The van der Waals surface area contributed by atoms with Gasteiger partial charge in [0, 0.05) is 31.7 Å². The Morgan fingerprint density at radius 1 is 1.08 bits per heavy atom. The second kappa shape index (κ2) is 12.3. The van der Waals surface area contributed by atoms with Crippen LogP contribution in [0.2, 0.25) is 0 Å². The molecule has 2 rings (SSSR count). The van der Waals surface area contributed by atoms with Gasteiger partial charge in [0.1, 0.15) is 0 Å². The lowest BCUT2D eigenvalue weighted by atomic mass is 9.90. The lowest BCUT2D eigenvalue weighted by Gasteiger charge is -2.31. The van der Waals surface area contributed by atoms with Gasteiger partial charge in [-0.05, 0) is 38.5 Å². The predicted octanol–water partition coefficient (Wildman–Crippen LogP) is 2.44. The molecule has 2 aliphatic rings. The Balaban J connectivity index is 0.000000487. The Labute approximate surface area is 159 Å². The van der Waals surface area contributed by atoms with Crippen LogP contribution in [-0.4, -0.2) is 48.6 Å². The zero-order valence-corrected chi connectivity index (χ0v) is 16.9. The molecule has 6 nitrogen and oxygen atoms in total. The molecule has 4 N–H and O–H groups in total. The molecule has 0 aromatic heterocycles. The summed E-state index contributed by atoms with van der Waals surface area (Å²) < 4.78 is 5.89. The minimum Gasteiger partial charge on any atom is -0.378 e. The van der Waals surface area contributed by atoms with Crippen LogP contribution in [0.15, 0.2) is 0 Å². The van der Waals surface area contributed by atoms with E-state index in [9.17, 15) is 9.59 Å². The third-order valence-corrected chi connectivity index (χ3v) is 5.18. The monoisotopic (exact) mass is 369 g/mol. The van der Waals surface area contributed by atoms with Crippen LogP contribution in [0.25, 0.3) is 0 Å². The number of likely N-dealkylation sites (tertiary alicyclic amines) is 1. The Morgan fingerprint density at radius 3 is 2.23 bits per heavy atom. The van der Waals surface area contributed by atoms with E-state index >= 15 is 0 Å². The van der Waals surface area contributed by atoms with Crippen LogP contribution in [-0.2, 0) is 14.3 Å². The summed E-state index contributed by atoms with van der Waals surface area (Å²) in [6.45, 7) is 7.96. The summed E-state index contributed by atoms with van der Waals surface area (Å²) in [4.78, 5) is 24.0. The molecule has 1 saturated carbocycles. The molecule has 1 saturated heterocycles. The number of carbonyl (C=O) groups is 2. The van der Waals surface area contributed by atoms with E-state index in [1.807, 2.05) is 11.8 Å². The Hall–Kier alpha value is -1.14. The summed E-state index contributed by atoms with van der Waals surface area (Å²) in [6, 6.07) is 0.158. The van der Waals surface area contributed by atoms with Crippen LogP contribution >= 0.6 is 0 Å². The fraction of sp³-hybridized carbons (Fsp3) is 0.900. The van der Waals surface area contributed by atoms with Crippen molar-refractivity contribution in [2.45, 2.75) is 84.3 Å². The first-order chi connectivity index (χ1) is 12.3. The molecule has 0 radical (unpaired) electrons. The highest BCUT2D eigenvalue weighted by Crippen LogP contribution is 2.24. The number of hydrogen-bond donors (Lipinski definition) is 2. The Bertz CT molecular complexity index is 423. The van der Waals surface area contributed by atoms with Crippen LogP contribution in [0, 0.1) is 11.8 Å². The fourth-order valence-corrected chi connectivity index (χ4v) is 3.32. The third-order valence-electron chi connectivity index (χ3n) is 5.18. The summed E-state index contributed by atoms with van der Waals surface area (Å²) in [6.07, 6.45) is 9.24. The molecule has 152 valence electrons. The number of nitrogens with zero attached hydrogens (tertiary/aromatic N) is 1. The lowest BCUT2D eigenvalue weighted by molar-refractivity contribution is -0.135. The molecule has 0 spiro atoms. The van der Waals surface area contributed by atoms with Gasteiger partial charge in [0.25, 0.3) is 0 Å². The number of piperidine rings is 1. The van der Waals surface area contributed by atoms with Crippen LogP contribution < -0.4 is 11.5 Å². The van der Waals surface area contributed by atoms with E-state index < -0.39 is 0 Å². The summed E-state index contributed by atoms with van der Waals surface area (Å²) in [5.74, 6) is 0.668. The van der Waals surface area contributed by atoms with E-state index in [1.165, 1.54) is 32.1 Å². The van der Waals surface area contributed by atoms with Crippen molar-refractivity contribution >= 4 is 11.8 Å². The van der Waals surface area contributed by atoms with Crippen LogP contribution in [0.5, 0.6) is 0 Å². The Kier molecular flexibility index (Phi) is 10.8. The molecule has 1 heterocycles. The van der Waals surface area contributed by atoms with E-state index in [4.69, 9.17) is 16.2 Å². The predicted molar refractivity (Wildman–Crippen MR) is 104 cm³/mol. The first kappa shape index (κ1) is 22.9. The standard InChI is InChI=1S/C16H30N2O2.C4H9NO/c1-13(20-12-14-6-3-2-4-7-14)10-16(19)18-9-5-8-15(17)11-18;1-3(2)4(5)6/h13-15H,2-12,17H2,1H3;3H,1-2H3,(H2,5,6)/t13-,15?;/m1./s1. The molecule has 0 bridgehead atoms. The molecule has 26 heavy (non-hydrogen) atoms. The maximum atomic E-state index is 12.2. The maximum Gasteiger partial charge on any atom is 0.225 e. The average molecular weight is 370 g/mol. The SMILES string of the molecule is CC(C)C(N)=O.C[C@H](CC(=O)N1CCCC(N)C1)OCC1CCCCC1. The highest BCUT2D eigenvalue weighted by Gasteiger charge is 2.23. The van der Waals surface area contributed by atoms with Crippen molar-refractivity contribution in [1.82, 2.24) is 4.90 Å². The van der Waals surface area contributed by atoms with E-state index in [1.54, 1.807) is 13.8 Å². The number of carbonyl (C=O) groups excluding carboxylic acids is 2. The van der Waals surface area contributed by atoms with Gasteiger partial charge in [-0.2, -0.15) is 0 Å². The van der Waals surface area contributed by atoms with Gasteiger partial charge in [-0.15, -0.1) is 0 Å². The molecular formula is C20H39N3O3. The number of primary amides is 1. The van der Waals surface area contributed by atoms with E-state index in [0.29, 0.717) is 18.9 Å². The molecule has 2 amide bonds. The molecule has 1 aliphatic heterocycles. The minimum absolute atomic E-state index is 0.00926. The lowest BCUT2D eigenvalue weighted by Crippen LogP contribution is -2.46. The highest BCUT2D eigenvalue weighted by atomic mass is 16.5. The quantitative estimate of drug-likeness (QED) is 0.751. The molecule has 0 aromatic rings.